The molecule has 1 heterocycles. The number of halogens is 1. The Labute approximate surface area is 177 Å². The number of benzene rings is 2. The van der Waals surface area contributed by atoms with E-state index in [4.69, 9.17) is 0 Å². The maximum Gasteiger partial charge on any atom is 0.181 e. The highest BCUT2D eigenvalue weighted by Gasteiger charge is 2.41. The highest BCUT2D eigenvalue weighted by Crippen LogP contribution is 2.46. The van der Waals surface area contributed by atoms with E-state index in [0.29, 0.717) is 17.1 Å². The van der Waals surface area contributed by atoms with Gasteiger partial charge in [-0.2, -0.15) is 0 Å². The molecule has 0 bridgehead atoms. The van der Waals surface area contributed by atoms with Crippen LogP contribution in [0.2, 0.25) is 0 Å². The average molecular weight is 438 g/mol. The second kappa shape index (κ2) is 8.56. The van der Waals surface area contributed by atoms with Crippen LogP contribution in [0.4, 0.5) is 15.8 Å². The number of phenolic OH excluding ortho intramolecular Hbond substituents is 1. The molecule has 29 heavy (non-hydrogen) atoms. The van der Waals surface area contributed by atoms with Crippen molar-refractivity contribution in [2.24, 2.45) is 5.41 Å². The molecule has 2 aromatic rings. The van der Waals surface area contributed by atoms with Crippen molar-refractivity contribution in [1.29, 1.82) is 0 Å². The summed E-state index contributed by atoms with van der Waals surface area (Å²) in [6, 6.07) is 9.26. The summed E-state index contributed by atoms with van der Waals surface area (Å²) in [4.78, 5) is 2.74. The zero-order valence-corrected chi connectivity index (χ0v) is 18.7. The second-order valence-electron chi connectivity index (χ2n) is 7.77. The van der Waals surface area contributed by atoms with Gasteiger partial charge >= 0.3 is 0 Å². The average Bonchev–Trinajstić information content (AvgIpc) is 2.79. The van der Waals surface area contributed by atoms with Crippen molar-refractivity contribution < 1.29 is 17.9 Å². The molecule has 0 amide bonds. The Kier molecular flexibility index (Phi) is 6.48. The summed E-state index contributed by atoms with van der Waals surface area (Å²) in [5, 5.41) is 10.4. The normalized spacial score (nSPS) is 20.9. The van der Waals surface area contributed by atoms with Gasteiger partial charge in [0.15, 0.2) is 9.84 Å². The quantitative estimate of drug-likeness (QED) is 0.582. The van der Waals surface area contributed by atoms with Gasteiger partial charge in [-0.05, 0) is 49.4 Å². The molecule has 158 valence electrons. The third kappa shape index (κ3) is 4.40. The van der Waals surface area contributed by atoms with E-state index in [0.717, 1.165) is 31.4 Å². The number of unbranched alkanes of at least 4 members (excludes halogenated alkanes) is 1. The zero-order valence-electron chi connectivity index (χ0n) is 17.1. The number of nitrogens with zero attached hydrogens (tertiary/aromatic N) is 1. The van der Waals surface area contributed by atoms with E-state index in [1.165, 1.54) is 30.0 Å². The Hall–Kier alpha value is -1.73. The molecule has 0 aromatic heterocycles. The minimum atomic E-state index is -3.61. The van der Waals surface area contributed by atoms with E-state index in [9.17, 15) is 17.9 Å². The van der Waals surface area contributed by atoms with E-state index in [1.54, 1.807) is 18.2 Å². The first-order chi connectivity index (χ1) is 13.7. The second-order valence-corrected chi connectivity index (χ2v) is 10.6. The van der Waals surface area contributed by atoms with Gasteiger partial charge in [0.25, 0.3) is 0 Å². The zero-order chi connectivity index (χ0) is 21.2. The van der Waals surface area contributed by atoms with Crippen molar-refractivity contribution in [3.8, 4) is 5.75 Å². The lowest BCUT2D eigenvalue weighted by Crippen LogP contribution is -2.37. The van der Waals surface area contributed by atoms with Gasteiger partial charge in [-0.1, -0.05) is 26.7 Å². The first-order valence-electron chi connectivity index (χ1n) is 9.92. The molecular weight excluding hydrogens is 409 g/mol. The fourth-order valence-corrected chi connectivity index (χ4v) is 6.73. The minimum absolute atomic E-state index is 0.0311. The van der Waals surface area contributed by atoms with Crippen LogP contribution < -0.4 is 4.90 Å². The molecule has 1 atom stereocenters. The Balaban J connectivity index is 2.26. The number of thioether (sulfide) groups is 1. The van der Waals surface area contributed by atoms with E-state index in [1.807, 2.05) is 18.1 Å². The molecule has 0 fully saturated rings. The number of hydrogen-bond acceptors (Lipinski definition) is 5. The van der Waals surface area contributed by atoms with Gasteiger partial charge in [0, 0.05) is 23.7 Å². The number of aromatic hydroxyl groups is 1. The number of phenols is 1. The molecule has 0 radical (unpaired) electrons. The lowest BCUT2D eigenvalue weighted by atomic mass is 9.81. The molecule has 0 spiro atoms. The van der Waals surface area contributed by atoms with Crippen molar-refractivity contribution in [1.82, 2.24) is 0 Å². The highest BCUT2D eigenvalue weighted by molar-refractivity contribution is 7.98. The molecule has 1 N–H and O–H groups in total. The van der Waals surface area contributed by atoms with Crippen molar-refractivity contribution >= 4 is 33.0 Å². The summed E-state index contributed by atoms with van der Waals surface area (Å²) in [5.74, 6) is -0.324. The molecule has 0 saturated carbocycles. The standard InChI is InChI=1S/C22H28FNO3S2/c1-4-6-11-22(5-2)14-24(17-9-7-16(23)8-10-17)18-12-20(28-3)19(25)13-21(18)29(26,27)15-22/h7-10,12-13,25H,4-6,11,14-15H2,1-3H3. The lowest BCUT2D eigenvalue weighted by Gasteiger charge is -2.36. The van der Waals surface area contributed by atoms with Crippen molar-refractivity contribution in [3.63, 3.8) is 0 Å². The Morgan fingerprint density at radius 2 is 1.90 bits per heavy atom. The number of sulfone groups is 1. The molecule has 2 aromatic carbocycles. The summed E-state index contributed by atoms with van der Waals surface area (Å²) in [6.45, 7) is 4.67. The molecule has 1 aliphatic rings. The van der Waals surface area contributed by atoms with E-state index in [2.05, 4.69) is 6.92 Å². The van der Waals surface area contributed by atoms with Crippen molar-refractivity contribution in [2.75, 3.05) is 23.5 Å². The van der Waals surface area contributed by atoms with Gasteiger partial charge in [-0.25, -0.2) is 12.8 Å². The number of fused-ring (bicyclic) bond motifs is 1. The minimum Gasteiger partial charge on any atom is -0.507 e. The Morgan fingerprint density at radius 1 is 1.21 bits per heavy atom. The number of hydrogen-bond donors (Lipinski definition) is 1. The van der Waals surface area contributed by atoms with Gasteiger partial charge < -0.3 is 10.0 Å². The monoisotopic (exact) mass is 437 g/mol. The molecular formula is C22H28FNO3S2. The van der Waals surface area contributed by atoms with E-state index < -0.39 is 15.3 Å². The summed E-state index contributed by atoms with van der Waals surface area (Å²) < 4.78 is 40.4. The predicted octanol–water partition coefficient (Wildman–Crippen LogP) is 5.77. The van der Waals surface area contributed by atoms with Crippen LogP contribution >= 0.6 is 11.8 Å². The topological polar surface area (TPSA) is 57.6 Å². The molecule has 0 saturated heterocycles. The van der Waals surface area contributed by atoms with Crippen LogP contribution in [0.25, 0.3) is 0 Å². The third-order valence-electron chi connectivity index (χ3n) is 5.82. The molecule has 0 aliphatic carbocycles. The van der Waals surface area contributed by atoms with Crippen molar-refractivity contribution in [3.05, 3.63) is 42.2 Å². The summed E-state index contributed by atoms with van der Waals surface area (Å²) in [7, 11) is -3.61. The maximum absolute atomic E-state index is 13.6. The molecule has 1 aliphatic heterocycles. The highest BCUT2D eigenvalue weighted by atomic mass is 32.2. The molecule has 7 heteroatoms. The Bertz CT molecular complexity index is 976. The SMILES string of the molecule is CCCCC1(CC)CN(c2ccc(F)cc2)c2cc(SC)c(O)cc2S(=O)(=O)C1. The van der Waals surface area contributed by atoms with Crippen LogP contribution in [0.3, 0.4) is 0 Å². The predicted molar refractivity (Wildman–Crippen MR) is 118 cm³/mol. The van der Waals surface area contributed by atoms with Gasteiger partial charge in [0.1, 0.15) is 11.6 Å². The van der Waals surface area contributed by atoms with E-state index >= 15 is 0 Å². The van der Waals surface area contributed by atoms with Crippen molar-refractivity contribution in [2.45, 2.75) is 49.3 Å². The van der Waals surface area contributed by atoms with Gasteiger partial charge in [-0.15, -0.1) is 11.8 Å². The smallest absolute Gasteiger partial charge is 0.181 e. The first kappa shape index (κ1) is 22.0. The fraction of sp³-hybridized carbons (Fsp3) is 0.455. The van der Waals surface area contributed by atoms with Crippen LogP contribution in [0, 0.1) is 11.2 Å². The summed E-state index contributed by atoms with van der Waals surface area (Å²) in [6.07, 6.45) is 5.29. The molecule has 1 unspecified atom stereocenters. The Morgan fingerprint density at radius 3 is 2.48 bits per heavy atom. The first-order valence-corrected chi connectivity index (χ1v) is 12.8. The largest absolute Gasteiger partial charge is 0.507 e. The number of rotatable bonds is 6. The van der Waals surface area contributed by atoms with Crippen LogP contribution in [0.15, 0.2) is 46.2 Å². The maximum atomic E-state index is 13.6. The van der Waals surface area contributed by atoms with E-state index in [-0.39, 0.29) is 22.2 Å². The molecule has 4 nitrogen and oxygen atoms in total. The van der Waals surface area contributed by atoms with Crippen LogP contribution in [0.5, 0.6) is 5.75 Å². The molecule has 3 rings (SSSR count). The van der Waals surface area contributed by atoms with Gasteiger partial charge in [0.05, 0.1) is 21.2 Å². The number of anilines is 2. The van der Waals surface area contributed by atoms with Crippen LogP contribution in [0.1, 0.15) is 39.5 Å². The summed E-state index contributed by atoms with van der Waals surface area (Å²) >= 11 is 1.36. The van der Waals surface area contributed by atoms with Crippen LogP contribution in [-0.4, -0.2) is 32.1 Å². The van der Waals surface area contributed by atoms with Gasteiger partial charge in [0.2, 0.25) is 0 Å². The lowest BCUT2D eigenvalue weighted by molar-refractivity contribution is 0.290. The fourth-order valence-electron chi connectivity index (χ4n) is 4.05. The van der Waals surface area contributed by atoms with Crippen LogP contribution in [-0.2, 0) is 9.84 Å². The summed E-state index contributed by atoms with van der Waals surface area (Å²) in [5.41, 5.74) is 0.875. The van der Waals surface area contributed by atoms with Gasteiger partial charge in [-0.3, -0.25) is 0 Å². The third-order valence-corrected chi connectivity index (χ3v) is 8.58.